The first-order valence-electron chi connectivity index (χ1n) is 6.39. The van der Waals surface area contributed by atoms with Crippen molar-refractivity contribution in [2.45, 2.75) is 13.8 Å². The standard InChI is InChI=1S/C15H13N3OS2/c1-9-3-5-11(6-4-9)14-17-10(2)12(21-14)13(19)18-15-16-7-8-20-15/h3-8H,1-2H3,(H,16,18,19). The number of rotatable bonds is 3. The second-order valence-electron chi connectivity index (χ2n) is 4.59. The molecule has 0 saturated carbocycles. The van der Waals surface area contributed by atoms with Gasteiger partial charge in [0.25, 0.3) is 5.91 Å². The minimum atomic E-state index is -0.154. The Morgan fingerprint density at radius 2 is 1.95 bits per heavy atom. The summed E-state index contributed by atoms with van der Waals surface area (Å²) in [5.41, 5.74) is 2.97. The molecule has 0 fully saturated rings. The third kappa shape index (κ3) is 3.01. The molecule has 4 nitrogen and oxygen atoms in total. The topological polar surface area (TPSA) is 54.9 Å². The maximum Gasteiger partial charge on any atom is 0.269 e. The van der Waals surface area contributed by atoms with E-state index < -0.39 is 0 Å². The molecule has 106 valence electrons. The Morgan fingerprint density at radius 3 is 2.62 bits per heavy atom. The molecule has 3 rings (SSSR count). The molecule has 0 atom stereocenters. The molecule has 1 amide bonds. The van der Waals surface area contributed by atoms with Crippen LogP contribution in [-0.2, 0) is 0 Å². The third-order valence-electron chi connectivity index (χ3n) is 2.95. The summed E-state index contributed by atoms with van der Waals surface area (Å²) in [6.07, 6.45) is 1.66. The van der Waals surface area contributed by atoms with Gasteiger partial charge in [0.05, 0.1) is 5.69 Å². The van der Waals surface area contributed by atoms with Crippen LogP contribution in [0.4, 0.5) is 5.13 Å². The zero-order chi connectivity index (χ0) is 14.8. The second-order valence-corrected chi connectivity index (χ2v) is 6.48. The summed E-state index contributed by atoms with van der Waals surface area (Å²) in [5, 5.41) is 6.08. The quantitative estimate of drug-likeness (QED) is 0.790. The monoisotopic (exact) mass is 315 g/mol. The van der Waals surface area contributed by atoms with E-state index in [1.807, 2.05) is 43.5 Å². The van der Waals surface area contributed by atoms with E-state index in [2.05, 4.69) is 15.3 Å². The number of anilines is 1. The van der Waals surface area contributed by atoms with E-state index >= 15 is 0 Å². The summed E-state index contributed by atoms with van der Waals surface area (Å²) in [4.78, 5) is 21.4. The molecule has 2 aromatic heterocycles. The number of aromatic nitrogens is 2. The highest BCUT2D eigenvalue weighted by Gasteiger charge is 2.17. The van der Waals surface area contributed by atoms with Crippen molar-refractivity contribution in [1.82, 2.24) is 9.97 Å². The molecule has 1 N–H and O–H groups in total. The molecule has 3 aromatic rings. The lowest BCUT2D eigenvalue weighted by Crippen LogP contribution is -2.11. The van der Waals surface area contributed by atoms with Gasteiger partial charge in [0, 0.05) is 17.1 Å². The maximum absolute atomic E-state index is 12.3. The van der Waals surface area contributed by atoms with E-state index in [0.29, 0.717) is 10.0 Å². The maximum atomic E-state index is 12.3. The molecule has 0 unspecified atom stereocenters. The Hall–Kier alpha value is -2.05. The predicted octanol–water partition coefficient (Wildman–Crippen LogP) is 4.14. The molecule has 1 aromatic carbocycles. The normalized spacial score (nSPS) is 10.6. The van der Waals surface area contributed by atoms with Crippen molar-refractivity contribution in [2.75, 3.05) is 5.32 Å². The first-order chi connectivity index (χ1) is 10.1. The molecular formula is C15H13N3OS2. The number of thiazole rings is 2. The van der Waals surface area contributed by atoms with E-state index in [4.69, 9.17) is 0 Å². The van der Waals surface area contributed by atoms with Crippen LogP contribution in [0.1, 0.15) is 20.9 Å². The van der Waals surface area contributed by atoms with Gasteiger partial charge >= 0.3 is 0 Å². The lowest BCUT2D eigenvalue weighted by molar-refractivity contribution is 0.103. The fraction of sp³-hybridized carbons (Fsp3) is 0.133. The third-order valence-corrected chi connectivity index (χ3v) is 4.85. The van der Waals surface area contributed by atoms with Crippen molar-refractivity contribution >= 4 is 33.7 Å². The van der Waals surface area contributed by atoms with Crippen LogP contribution in [0, 0.1) is 13.8 Å². The summed E-state index contributed by atoms with van der Waals surface area (Å²) in [6.45, 7) is 3.90. The Kier molecular flexibility index (Phi) is 3.81. The summed E-state index contributed by atoms with van der Waals surface area (Å²) in [7, 11) is 0. The highest BCUT2D eigenvalue weighted by atomic mass is 32.1. The largest absolute Gasteiger partial charge is 0.297 e. The van der Waals surface area contributed by atoms with Gasteiger partial charge in [0.2, 0.25) is 0 Å². The zero-order valence-corrected chi connectivity index (χ0v) is 13.2. The second kappa shape index (κ2) is 5.75. The van der Waals surface area contributed by atoms with Gasteiger partial charge < -0.3 is 0 Å². The SMILES string of the molecule is Cc1ccc(-c2nc(C)c(C(=O)Nc3nccs3)s2)cc1. The summed E-state index contributed by atoms with van der Waals surface area (Å²) in [5.74, 6) is -0.154. The van der Waals surface area contributed by atoms with Crippen LogP contribution >= 0.6 is 22.7 Å². The first-order valence-corrected chi connectivity index (χ1v) is 8.08. The minimum Gasteiger partial charge on any atom is -0.297 e. The van der Waals surface area contributed by atoms with Crippen LogP contribution in [0.3, 0.4) is 0 Å². The van der Waals surface area contributed by atoms with Gasteiger partial charge in [0.1, 0.15) is 9.88 Å². The van der Waals surface area contributed by atoms with Gasteiger partial charge in [-0.2, -0.15) is 0 Å². The molecule has 6 heteroatoms. The Morgan fingerprint density at radius 1 is 1.19 bits per heavy atom. The number of benzene rings is 1. The first kappa shape index (κ1) is 13.9. The van der Waals surface area contributed by atoms with E-state index in [-0.39, 0.29) is 5.91 Å². The highest BCUT2D eigenvalue weighted by Crippen LogP contribution is 2.28. The van der Waals surface area contributed by atoms with Crippen molar-refractivity contribution in [3.63, 3.8) is 0 Å². The fourth-order valence-electron chi connectivity index (χ4n) is 1.87. The zero-order valence-electron chi connectivity index (χ0n) is 11.6. The average Bonchev–Trinajstić information content (AvgIpc) is 3.09. The molecule has 2 heterocycles. The van der Waals surface area contributed by atoms with Gasteiger partial charge in [-0.1, -0.05) is 29.8 Å². The fourth-order valence-corrected chi connectivity index (χ4v) is 3.36. The number of amides is 1. The summed E-state index contributed by atoms with van der Waals surface area (Å²) < 4.78 is 0. The summed E-state index contributed by atoms with van der Waals surface area (Å²) in [6, 6.07) is 8.13. The highest BCUT2D eigenvalue weighted by molar-refractivity contribution is 7.17. The van der Waals surface area contributed by atoms with E-state index in [0.717, 1.165) is 16.3 Å². The van der Waals surface area contributed by atoms with Crippen molar-refractivity contribution in [1.29, 1.82) is 0 Å². The number of nitrogens with one attached hydrogen (secondary N) is 1. The number of carbonyl (C=O) groups excluding carboxylic acids is 1. The minimum absolute atomic E-state index is 0.154. The number of hydrogen-bond acceptors (Lipinski definition) is 5. The molecule has 0 spiro atoms. The Balaban J connectivity index is 1.87. The number of nitrogens with zero attached hydrogens (tertiary/aromatic N) is 2. The van der Waals surface area contributed by atoms with Crippen LogP contribution < -0.4 is 5.32 Å². The van der Waals surface area contributed by atoms with E-state index in [1.165, 1.54) is 28.2 Å². The molecule has 0 radical (unpaired) electrons. The molecule has 0 aliphatic carbocycles. The van der Waals surface area contributed by atoms with Gasteiger partial charge in [-0.05, 0) is 13.8 Å². The van der Waals surface area contributed by atoms with Crippen LogP contribution in [-0.4, -0.2) is 15.9 Å². The van der Waals surface area contributed by atoms with Crippen LogP contribution in [0.5, 0.6) is 0 Å². The summed E-state index contributed by atoms with van der Waals surface area (Å²) >= 11 is 2.80. The van der Waals surface area contributed by atoms with Gasteiger partial charge in [-0.3, -0.25) is 10.1 Å². The number of hydrogen-bond donors (Lipinski definition) is 1. The average molecular weight is 315 g/mol. The van der Waals surface area contributed by atoms with Gasteiger partial charge in [0.15, 0.2) is 5.13 Å². The Labute approximate surface area is 130 Å². The van der Waals surface area contributed by atoms with Gasteiger partial charge in [-0.25, -0.2) is 9.97 Å². The van der Waals surface area contributed by atoms with E-state index in [1.54, 1.807) is 6.20 Å². The Bertz CT molecular complexity index is 761. The lowest BCUT2D eigenvalue weighted by atomic mass is 10.2. The van der Waals surface area contributed by atoms with Crippen molar-refractivity contribution in [3.05, 3.63) is 52.0 Å². The molecular weight excluding hydrogens is 302 g/mol. The van der Waals surface area contributed by atoms with Crippen molar-refractivity contribution < 1.29 is 4.79 Å². The van der Waals surface area contributed by atoms with E-state index in [9.17, 15) is 4.79 Å². The van der Waals surface area contributed by atoms with Crippen molar-refractivity contribution in [2.24, 2.45) is 0 Å². The molecule has 0 bridgehead atoms. The van der Waals surface area contributed by atoms with Crippen LogP contribution in [0.25, 0.3) is 10.6 Å². The van der Waals surface area contributed by atoms with Crippen LogP contribution in [0.2, 0.25) is 0 Å². The molecule has 0 saturated heterocycles. The van der Waals surface area contributed by atoms with Crippen LogP contribution in [0.15, 0.2) is 35.8 Å². The smallest absolute Gasteiger partial charge is 0.269 e. The molecule has 0 aliphatic heterocycles. The number of aryl methyl sites for hydroxylation is 2. The number of carbonyl (C=O) groups is 1. The molecule has 0 aliphatic rings. The lowest BCUT2D eigenvalue weighted by Gasteiger charge is -1.98. The predicted molar refractivity (Wildman–Crippen MR) is 87.1 cm³/mol. The van der Waals surface area contributed by atoms with Gasteiger partial charge in [-0.15, -0.1) is 22.7 Å². The molecule has 21 heavy (non-hydrogen) atoms. The van der Waals surface area contributed by atoms with Crippen molar-refractivity contribution in [3.8, 4) is 10.6 Å².